The van der Waals surface area contributed by atoms with Gasteiger partial charge >= 0.3 is 5.97 Å². The molecule has 0 heterocycles. The fourth-order valence-electron chi connectivity index (χ4n) is 1.84. The van der Waals surface area contributed by atoms with Crippen LogP contribution < -0.4 is 5.73 Å². The van der Waals surface area contributed by atoms with Crippen LogP contribution in [-0.4, -0.2) is 19.1 Å². The minimum absolute atomic E-state index is 0.238. The van der Waals surface area contributed by atoms with Crippen LogP contribution >= 0.6 is 0 Å². The van der Waals surface area contributed by atoms with Crippen LogP contribution in [-0.2, 0) is 16.0 Å². The number of carbonyl (C=O) groups excluding carboxylic acids is 1. The Morgan fingerprint density at radius 2 is 1.58 bits per heavy atom. The highest BCUT2D eigenvalue weighted by Gasteiger charge is 2.04. The van der Waals surface area contributed by atoms with Crippen molar-refractivity contribution >= 4 is 5.97 Å². The first-order valence-corrected chi connectivity index (χ1v) is 6.29. The molecule has 98 valence electrons. The van der Waals surface area contributed by atoms with Gasteiger partial charge in [-0.3, -0.25) is 4.79 Å². The van der Waals surface area contributed by atoms with Gasteiger partial charge in [-0.25, -0.2) is 0 Å². The van der Waals surface area contributed by atoms with Crippen LogP contribution in [0.1, 0.15) is 5.56 Å². The van der Waals surface area contributed by atoms with Gasteiger partial charge in [-0.15, -0.1) is 0 Å². The molecule has 0 aliphatic rings. The molecule has 2 aromatic carbocycles. The van der Waals surface area contributed by atoms with E-state index in [9.17, 15) is 4.79 Å². The van der Waals surface area contributed by atoms with E-state index >= 15 is 0 Å². The van der Waals surface area contributed by atoms with Gasteiger partial charge in [-0.05, 0) is 16.7 Å². The second kappa shape index (κ2) is 6.71. The minimum Gasteiger partial charge on any atom is -0.464 e. The molecule has 2 aromatic rings. The number of hydrogen-bond donors (Lipinski definition) is 1. The molecule has 0 aliphatic heterocycles. The average molecular weight is 255 g/mol. The largest absolute Gasteiger partial charge is 0.464 e. The van der Waals surface area contributed by atoms with Crippen LogP contribution in [0.2, 0.25) is 0 Å². The molecule has 0 fully saturated rings. The Morgan fingerprint density at radius 1 is 0.947 bits per heavy atom. The fraction of sp³-hybridized carbons (Fsp3) is 0.188. The summed E-state index contributed by atoms with van der Waals surface area (Å²) in [5, 5.41) is 0. The van der Waals surface area contributed by atoms with E-state index in [1.165, 1.54) is 5.56 Å². The second-order valence-corrected chi connectivity index (χ2v) is 4.25. The molecule has 0 atom stereocenters. The molecule has 19 heavy (non-hydrogen) atoms. The first kappa shape index (κ1) is 13.3. The molecule has 2 rings (SSSR count). The molecule has 0 amide bonds. The third kappa shape index (κ3) is 3.93. The molecule has 0 unspecified atom stereocenters. The zero-order chi connectivity index (χ0) is 13.5. The molecular weight excluding hydrogens is 238 g/mol. The molecule has 3 nitrogen and oxygen atoms in total. The first-order valence-electron chi connectivity index (χ1n) is 6.29. The van der Waals surface area contributed by atoms with Gasteiger partial charge in [0, 0.05) is 6.54 Å². The lowest BCUT2D eigenvalue weighted by Gasteiger charge is -2.05. The van der Waals surface area contributed by atoms with E-state index in [1.807, 2.05) is 42.5 Å². The molecule has 3 heteroatoms. The molecule has 0 radical (unpaired) electrons. The van der Waals surface area contributed by atoms with Crippen LogP contribution in [0.3, 0.4) is 0 Å². The van der Waals surface area contributed by atoms with Gasteiger partial charge < -0.3 is 10.5 Å². The summed E-state index contributed by atoms with van der Waals surface area (Å²) in [6, 6.07) is 18.1. The number of nitrogens with two attached hydrogens (primary N) is 1. The zero-order valence-corrected chi connectivity index (χ0v) is 10.7. The van der Waals surface area contributed by atoms with Crippen LogP contribution in [0.4, 0.5) is 0 Å². The number of ether oxygens (including phenoxy) is 1. The van der Waals surface area contributed by atoms with E-state index in [0.717, 1.165) is 11.1 Å². The molecule has 0 aromatic heterocycles. The highest BCUT2D eigenvalue weighted by Crippen LogP contribution is 2.19. The Balaban J connectivity index is 2.01. The van der Waals surface area contributed by atoms with E-state index in [-0.39, 0.29) is 19.0 Å². The quantitative estimate of drug-likeness (QED) is 0.835. The van der Waals surface area contributed by atoms with Crippen molar-refractivity contribution in [1.82, 2.24) is 0 Å². The Labute approximate surface area is 113 Å². The average Bonchev–Trinajstić information content (AvgIpc) is 2.47. The molecule has 0 spiro atoms. The molecule has 0 aliphatic carbocycles. The third-order valence-corrected chi connectivity index (χ3v) is 2.79. The summed E-state index contributed by atoms with van der Waals surface area (Å²) < 4.78 is 4.95. The van der Waals surface area contributed by atoms with E-state index in [0.29, 0.717) is 6.54 Å². The number of hydrogen-bond acceptors (Lipinski definition) is 3. The number of rotatable bonds is 5. The Morgan fingerprint density at radius 3 is 2.21 bits per heavy atom. The van der Waals surface area contributed by atoms with E-state index in [4.69, 9.17) is 10.5 Å². The van der Waals surface area contributed by atoms with Gasteiger partial charge in [0.15, 0.2) is 0 Å². The summed E-state index contributed by atoms with van der Waals surface area (Å²) in [5.41, 5.74) is 8.53. The summed E-state index contributed by atoms with van der Waals surface area (Å²) in [4.78, 5) is 11.4. The highest BCUT2D eigenvalue weighted by molar-refractivity contribution is 5.73. The maximum atomic E-state index is 11.4. The minimum atomic E-state index is -0.238. The van der Waals surface area contributed by atoms with Crippen LogP contribution in [0.5, 0.6) is 0 Å². The summed E-state index contributed by atoms with van der Waals surface area (Å²) in [6.07, 6.45) is 0.287. The van der Waals surface area contributed by atoms with Crippen molar-refractivity contribution in [2.24, 2.45) is 5.73 Å². The summed E-state index contributed by atoms with van der Waals surface area (Å²) in [5.74, 6) is -0.238. The van der Waals surface area contributed by atoms with Crippen molar-refractivity contribution in [2.75, 3.05) is 13.2 Å². The fourth-order valence-corrected chi connectivity index (χ4v) is 1.84. The second-order valence-electron chi connectivity index (χ2n) is 4.25. The zero-order valence-electron chi connectivity index (χ0n) is 10.7. The van der Waals surface area contributed by atoms with E-state index in [2.05, 4.69) is 12.1 Å². The number of benzene rings is 2. The van der Waals surface area contributed by atoms with Crippen molar-refractivity contribution in [3.05, 3.63) is 60.2 Å². The molecule has 0 saturated carbocycles. The van der Waals surface area contributed by atoms with E-state index in [1.54, 1.807) is 0 Å². The topological polar surface area (TPSA) is 52.3 Å². The molecular formula is C16H17NO2. The van der Waals surface area contributed by atoms with Crippen molar-refractivity contribution in [1.29, 1.82) is 0 Å². The smallest absolute Gasteiger partial charge is 0.310 e. The number of esters is 1. The van der Waals surface area contributed by atoms with Gasteiger partial charge in [0.25, 0.3) is 0 Å². The van der Waals surface area contributed by atoms with Gasteiger partial charge in [-0.2, -0.15) is 0 Å². The SMILES string of the molecule is NCCOC(=O)Cc1ccc(-c2ccccc2)cc1. The highest BCUT2D eigenvalue weighted by atomic mass is 16.5. The van der Waals surface area contributed by atoms with Gasteiger partial charge in [0.05, 0.1) is 6.42 Å². The molecule has 2 N–H and O–H groups in total. The monoisotopic (exact) mass is 255 g/mol. The lowest BCUT2D eigenvalue weighted by molar-refractivity contribution is -0.142. The predicted octanol–water partition coefficient (Wildman–Crippen LogP) is 2.40. The third-order valence-electron chi connectivity index (χ3n) is 2.79. The van der Waals surface area contributed by atoms with Crippen LogP contribution in [0, 0.1) is 0 Å². The lowest BCUT2D eigenvalue weighted by atomic mass is 10.0. The van der Waals surface area contributed by atoms with Gasteiger partial charge in [-0.1, -0.05) is 54.6 Å². The maximum Gasteiger partial charge on any atom is 0.310 e. The summed E-state index contributed by atoms with van der Waals surface area (Å²) in [7, 11) is 0. The summed E-state index contributed by atoms with van der Waals surface area (Å²) in [6.45, 7) is 0.639. The Bertz CT molecular complexity index is 520. The van der Waals surface area contributed by atoms with Crippen molar-refractivity contribution < 1.29 is 9.53 Å². The molecule has 0 bridgehead atoms. The predicted molar refractivity (Wildman–Crippen MR) is 75.6 cm³/mol. The van der Waals surface area contributed by atoms with E-state index < -0.39 is 0 Å². The van der Waals surface area contributed by atoms with Crippen LogP contribution in [0.15, 0.2) is 54.6 Å². The van der Waals surface area contributed by atoms with Gasteiger partial charge in [0.2, 0.25) is 0 Å². The van der Waals surface area contributed by atoms with Crippen molar-refractivity contribution in [3.8, 4) is 11.1 Å². The lowest BCUT2D eigenvalue weighted by Crippen LogP contribution is -2.15. The maximum absolute atomic E-state index is 11.4. The first-order chi connectivity index (χ1) is 9.29. The van der Waals surface area contributed by atoms with Gasteiger partial charge in [0.1, 0.15) is 6.61 Å². The molecule has 0 saturated heterocycles. The van der Waals surface area contributed by atoms with Crippen molar-refractivity contribution in [3.63, 3.8) is 0 Å². The Hall–Kier alpha value is -2.13. The van der Waals surface area contributed by atoms with Crippen molar-refractivity contribution in [2.45, 2.75) is 6.42 Å². The van der Waals surface area contributed by atoms with Crippen LogP contribution in [0.25, 0.3) is 11.1 Å². The Kier molecular flexibility index (Phi) is 4.70. The standard InChI is InChI=1S/C16H17NO2/c17-10-11-19-16(18)12-13-6-8-15(9-7-13)14-4-2-1-3-5-14/h1-9H,10-12,17H2. The summed E-state index contributed by atoms with van der Waals surface area (Å²) >= 11 is 0. The normalized spacial score (nSPS) is 10.2. The number of carbonyl (C=O) groups is 1.